The van der Waals surface area contributed by atoms with Gasteiger partial charge in [-0.3, -0.25) is 14.5 Å². The minimum atomic E-state index is -4.77. The van der Waals surface area contributed by atoms with Crippen molar-refractivity contribution in [2.75, 3.05) is 22.6 Å². The molecule has 1 N–H and O–H groups in total. The molecule has 2 aliphatic heterocycles. The van der Waals surface area contributed by atoms with E-state index in [1.165, 1.54) is 23.9 Å². The van der Waals surface area contributed by atoms with Crippen molar-refractivity contribution in [3.63, 3.8) is 0 Å². The fourth-order valence-corrected chi connectivity index (χ4v) is 5.65. The zero-order valence-electron chi connectivity index (χ0n) is 19.5. The van der Waals surface area contributed by atoms with E-state index in [-0.39, 0.29) is 29.2 Å². The molecule has 1 saturated heterocycles. The summed E-state index contributed by atoms with van der Waals surface area (Å²) in [6.45, 7) is 3.27. The summed E-state index contributed by atoms with van der Waals surface area (Å²) < 4.78 is 46.5. The number of nitrogens with one attached hydrogen (secondary N) is 1. The minimum Gasteiger partial charge on any atom is -0.488 e. The van der Waals surface area contributed by atoms with Crippen molar-refractivity contribution >= 4 is 52.3 Å². The van der Waals surface area contributed by atoms with Gasteiger partial charge in [0.1, 0.15) is 17.4 Å². The van der Waals surface area contributed by atoms with Crippen LogP contribution in [0.1, 0.15) is 31.4 Å². The van der Waals surface area contributed by atoms with Crippen molar-refractivity contribution in [1.29, 1.82) is 5.26 Å². The molecule has 1 fully saturated rings. The van der Waals surface area contributed by atoms with Crippen molar-refractivity contribution < 1.29 is 27.5 Å². The molecule has 36 heavy (non-hydrogen) atoms. The highest BCUT2D eigenvalue weighted by Crippen LogP contribution is 2.43. The third-order valence-corrected chi connectivity index (χ3v) is 7.48. The standard InChI is InChI=1S/C24H21F3N4O3S2/c1-23(2)21(33)30(14-5-4-13(11-28)17(8-14)24(25,26)27)22(35)31(23)15-6-7-18-19(9-15)36-12-16(34-18)10-20(32)29-3/h4-9,16H,10,12H2,1-3H3,(H,29,32)/t16-/m1/s1. The highest BCUT2D eigenvalue weighted by molar-refractivity contribution is 7.99. The Bertz CT molecular complexity index is 1310. The van der Waals surface area contributed by atoms with E-state index in [0.717, 1.165) is 21.9 Å². The molecule has 0 aromatic heterocycles. The van der Waals surface area contributed by atoms with Crippen molar-refractivity contribution in [2.24, 2.45) is 0 Å². The van der Waals surface area contributed by atoms with E-state index in [9.17, 15) is 22.8 Å². The normalized spacial score (nSPS) is 19.0. The highest BCUT2D eigenvalue weighted by atomic mass is 32.2. The summed E-state index contributed by atoms with van der Waals surface area (Å²) in [5.74, 6) is 0.517. The number of amides is 2. The lowest BCUT2D eigenvalue weighted by Crippen LogP contribution is -2.44. The van der Waals surface area contributed by atoms with Crippen molar-refractivity contribution in [1.82, 2.24) is 5.32 Å². The van der Waals surface area contributed by atoms with Crippen molar-refractivity contribution in [3.05, 3.63) is 47.5 Å². The molecule has 0 aliphatic carbocycles. The number of hydrogen-bond acceptors (Lipinski definition) is 6. The first kappa shape index (κ1) is 25.8. The van der Waals surface area contributed by atoms with Crippen LogP contribution in [0.25, 0.3) is 0 Å². The van der Waals surface area contributed by atoms with Gasteiger partial charge in [0.15, 0.2) is 5.11 Å². The lowest BCUT2D eigenvalue weighted by Gasteiger charge is -2.31. The maximum absolute atomic E-state index is 13.5. The van der Waals surface area contributed by atoms with Crippen molar-refractivity contribution in [3.8, 4) is 11.8 Å². The fourth-order valence-electron chi connectivity index (χ4n) is 4.11. The summed E-state index contributed by atoms with van der Waals surface area (Å²) in [6, 6.07) is 9.86. The smallest absolute Gasteiger partial charge is 0.417 e. The lowest BCUT2D eigenvalue weighted by molar-refractivity contribution is -0.137. The molecule has 2 amide bonds. The van der Waals surface area contributed by atoms with Gasteiger partial charge in [-0.05, 0) is 62.5 Å². The second-order valence-electron chi connectivity index (χ2n) is 8.72. The number of anilines is 2. The van der Waals surface area contributed by atoms with Crippen LogP contribution in [0.5, 0.6) is 5.75 Å². The molecule has 2 aromatic rings. The van der Waals surface area contributed by atoms with Gasteiger partial charge < -0.3 is 15.0 Å². The quantitative estimate of drug-likeness (QED) is 0.579. The van der Waals surface area contributed by atoms with E-state index >= 15 is 0 Å². The second kappa shape index (κ2) is 9.29. The molecule has 2 aliphatic rings. The number of nitrogens with zero attached hydrogens (tertiary/aromatic N) is 3. The number of halogens is 3. The molecule has 4 rings (SSSR count). The zero-order valence-corrected chi connectivity index (χ0v) is 21.1. The Labute approximate surface area is 215 Å². The molecule has 2 heterocycles. The molecule has 0 unspecified atom stereocenters. The van der Waals surface area contributed by atoms with Gasteiger partial charge in [-0.2, -0.15) is 18.4 Å². The van der Waals surface area contributed by atoms with Gasteiger partial charge in [0.25, 0.3) is 5.91 Å². The number of alkyl halides is 3. The lowest BCUT2D eigenvalue weighted by atomic mass is 10.0. The number of nitriles is 1. The van der Waals surface area contributed by atoms with Crippen LogP contribution >= 0.6 is 24.0 Å². The van der Waals surface area contributed by atoms with Gasteiger partial charge >= 0.3 is 6.18 Å². The Morgan fingerprint density at radius 2 is 1.97 bits per heavy atom. The van der Waals surface area contributed by atoms with E-state index in [1.807, 2.05) is 0 Å². The first-order valence-electron chi connectivity index (χ1n) is 10.8. The van der Waals surface area contributed by atoms with E-state index in [0.29, 0.717) is 17.2 Å². The molecular weight excluding hydrogens is 513 g/mol. The van der Waals surface area contributed by atoms with Crippen LogP contribution in [-0.2, 0) is 15.8 Å². The topological polar surface area (TPSA) is 85.7 Å². The number of rotatable bonds is 4. The molecule has 7 nitrogen and oxygen atoms in total. The number of ether oxygens (including phenoxy) is 1. The van der Waals surface area contributed by atoms with Crippen LogP contribution in [0.4, 0.5) is 24.5 Å². The predicted molar refractivity (Wildman–Crippen MR) is 133 cm³/mol. The molecular formula is C24H21F3N4O3S2. The Morgan fingerprint density at radius 3 is 2.61 bits per heavy atom. The van der Waals surface area contributed by atoms with Crippen LogP contribution < -0.4 is 19.9 Å². The number of thioether (sulfide) groups is 1. The maximum Gasteiger partial charge on any atom is 0.417 e. The Kier molecular flexibility index (Phi) is 6.66. The van der Waals surface area contributed by atoms with Crippen LogP contribution in [0, 0.1) is 11.3 Å². The Hall–Kier alpha value is -3.30. The van der Waals surface area contributed by atoms with Gasteiger partial charge in [0.05, 0.1) is 34.2 Å². The first-order valence-corrected chi connectivity index (χ1v) is 12.2. The largest absolute Gasteiger partial charge is 0.488 e. The summed E-state index contributed by atoms with van der Waals surface area (Å²) >= 11 is 7.09. The molecule has 188 valence electrons. The molecule has 12 heteroatoms. The molecule has 0 radical (unpaired) electrons. The minimum absolute atomic E-state index is 0.0157. The van der Waals surface area contributed by atoms with Gasteiger partial charge in [0, 0.05) is 18.5 Å². The third-order valence-electron chi connectivity index (χ3n) is 5.95. The average Bonchev–Trinajstić information content (AvgIpc) is 3.01. The second-order valence-corrected chi connectivity index (χ2v) is 10.1. The Balaban J connectivity index is 1.67. The molecule has 2 aromatic carbocycles. The summed E-state index contributed by atoms with van der Waals surface area (Å²) in [4.78, 5) is 28.5. The molecule has 0 saturated carbocycles. The average molecular weight is 535 g/mol. The van der Waals surface area contributed by atoms with Gasteiger partial charge in [0.2, 0.25) is 5.91 Å². The number of fused-ring (bicyclic) bond motifs is 1. The van der Waals surface area contributed by atoms with E-state index in [1.54, 1.807) is 44.0 Å². The predicted octanol–water partition coefficient (Wildman–Crippen LogP) is 4.48. The Morgan fingerprint density at radius 1 is 1.28 bits per heavy atom. The summed E-state index contributed by atoms with van der Waals surface area (Å²) in [7, 11) is 1.56. The molecule has 0 spiro atoms. The van der Waals surface area contributed by atoms with E-state index in [2.05, 4.69) is 5.32 Å². The van der Waals surface area contributed by atoms with Gasteiger partial charge in [-0.25, -0.2) is 0 Å². The summed E-state index contributed by atoms with van der Waals surface area (Å²) in [5.41, 5.74) is -2.37. The summed E-state index contributed by atoms with van der Waals surface area (Å²) in [6.07, 6.45) is -4.83. The number of thiocarbonyl (C=S) groups is 1. The van der Waals surface area contributed by atoms with Crippen LogP contribution in [0.3, 0.4) is 0 Å². The van der Waals surface area contributed by atoms with Crippen LogP contribution in [-0.4, -0.2) is 41.4 Å². The summed E-state index contributed by atoms with van der Waals surface area (Å²) in [5, 5.41) is 11.7. The molecule has 1 atom stereocenters. The van der Waals surface area contributed by atoms with E-state index < -0.39 is 28.7 Å². The van der Waals surface area contributed by atoms with Crippen molar-refractivity contribution in [2.45, 2.75) is 43.0 Å². The number of benzene rings is 2. The monoisotopic (exact) mass is 534 g/mol. The maximum atomic E-state index is 13.5. The van der Waals surface area contributed by atoms with Gasteiger partial charge in [-0.1, -0.05) is 0 Å². The highest BCUT2D eigenvalue weighted by Gasteiger charge is 2.51. The third kappa shape index (κ3) is 4.49. The first-order chi connectivity index (χ1) is 16.9. The number of hydrogen-bond donors (Lipinski definition) is 1. The van der Waals surface area contributed by atoms with Crippen LogP contribution in [0.15, 0.2) is 41.3 Å². The SMILES string of the molecule is CNC(=O)C[C@@H]1CSc2cc(N3C(=S)N(c4ccc(C#N)c(C(F)(F)F)c4)C(=O)C3(C)C)ccc2O1. The number of carbonyl (C=O) groups excluding carboxylic acids is 2. The van der Waals surface area contributed by atoms with E-state index in [4.69, 9.17) is 22.2 Å². The fraction of sp³-hybridized carbons (Fsp3) is 0.333. The number of carbonyl (C=O) groups is 2. The zero-order chi connectivity index (χ0) is 26.4. The molecule has 0 bridgehead atoms. The van der Waals surface area contributed by atoms with Gasteiger partial charge in [-0.15, -0.1) is 11.8 Å². The van der Waals surface area contributed by atoms with Crippen LogP contribution in [0.2, 0.25) is 0 Å².